The first-order chi connectivity index (χ1) is 9.36. The normalized spacial score (nSPS) is 13.5. The van der Waals surface area contributed by atoms with E-state index in [1.165, 1.54) is 11.1 Å². The standard InChI is InChI=1S/C17H17NO/c18-12-13-4-6-14(7-5-13)15-8-9-17-16(11-15)3-1-2-10-19-17/h1,3-9,11H,2,10,12,18H2. The molecule has 2 aromatic rings. The van der Waals surface area contributed by atoms with Crippen LogP contribution >= 0.6 is 0 Å². The largest absolute Gasteiger partial charge is 0.493 e. The fourth-order valence-corrected chi connectivity index (χ4v) is 2.27. The monoisotopic (exact) mass is 251 g/mol. The molecule has 0 saturated heterocycles. The number of nitrogens with two attached hydrogens (primary N) is 1. The Hall–Kier alpha value is -2.06. The second-order valence-electron chi connectivity index (χ2n) is 4.69. The molecule has 0 saturated carbocycles. The van der Waals surface area contributed by atoms with Crippen molar-refractivity contribution >= 4 is 6.08 Å². The van der Waals surface area contributed by atoms with Crippen LogP contribution in [-0.4, -0.2) is 6.61 Å². The second-order valence-corrected chi connectivity index (χ2v) is 4.69. The first-order valence-corrected chi connectivity index (χ1v) is 6.59. The molecule has 2 aromatic carbocycles. The molecular formula is C17H17NO. The first kappa shape index (κ1) is 12.0. The molecule has 2 N–H and O–H groups in total. The maximum atomic E-state index is 5.70. The topological polar surface area (TPSA) is 35.2 Å². The molecule has 2 nitrogen and oxygen atoms in total. The van der Waals surface area contributed by atoms with Crippen LogP contribution in [0.4, 0.5) is 0 Å². The Morgan fingerprint density at radius 2 is 1.79 bits per heavy atom. The minimum Gasteiger partial charge on any atom is -0.493 e. The van der Waals surface area contributed by atoms with E-state index in [-0.39, 0.29) is 0 Å². The third-order valence-corrected chi connectivity index (χ3v) is 3.37. The van der Waals surface area contributed by atoms with Crippen LogP contribution < -0.4 is 10.5 Å². The Morgan fingerprint density at radius 3 is 2.58 bits per heavy atom. The summed E-state index contributed by atoms with van der Waals surface area (Å²) in [6.07, 6.45) is 5.27. The van der Waals surface area contributed by atoms with Crippen molar-refractivity contribution in [1.82, 2.24) is 0 Å². The Balaban J connectivity index is 1.98. The van der Waals surface area contributed by atoms with Crippen molar-refractivity contribution in [1.29, 1.82) is 0 Å². The molecule has 0 aliphatic carbocycles. The van der Waals surface area contributed by atoms with Gasteiger partial charge in [-0.3, -0.25) is 0 Å². The van der Waals surface area contributed by atoms with Gasteiger partial charge in [-0.15, -0.1) is 0 Å². The molecule has 0 bridgehead atoms. The summed E-state index contributed by atoms with van der Waals surface area (Å²) >= 11 is 0. The quantitative estimate of drug-likeness (QED) is 0.885. The number of hydrogen-bond donors (Lipinski definition) is 1. The van der Waals surface area contributed by atoms with Gasteiger partial charge in [0.1, 0.15) is 5.75 Å². The van der Waals surface area contributed by atoms with Gasteiger partial charge in [-0.2, -0.15) is 0 Å². The molecule has 0 aromatic heterocycles. The number of fused-ring (bicyclic) bond motifs is 1. The molecule has 1 aliphatic rings. The van der Waals surface area contributed by atoms with Crippen molar-refractivity contribution in [3.05, 3.63) is 59.7 Å². The van der Waals surface area contributed by atoms with Gasteiger partial charge in [-0.25, -0.2) is 0 Å². The smallest absolute Gasteiger partial charge is 0.126 e. The molecule has 1 aliphatic heterocycles. The van der Waals surface area contributed by atoms with Gasteiger partial charge in [0.15, 0.2) is 0 Å². The van der Waals surface area contributed by atoms with Crippen LogP contribution in [0.1, 0.15) is 17.5 Å². The van der Waals surface area contributed by atoms with E-state index in [1.807, 2.05) is 0 Å². The van der Waals surface area contributed by atoms with Crippen molar-refractivity contribution in [3.63, 3.8) is 0 Å². The summed E-state index contributed by atoms with van der Waals surface area (Å²) in [6.45, 7) is 1.34. The summed E-state index contributed by atoms with van der Waals surface area (Å²) in [4.78, 5) is 0. The molecule has 0 amide bonds. The molecule has 0 fully saturated rings. The van der Waals surface area contributed by atoms with Gasteiger partial charge >= 0.3 is 0 Å². The minimum atomic E-state index is 0.584. The highest BCUT2D eigenvalue weighted by molar-refractivity contribution is 5.71. The number of benzene rings is 2. The Labute approximate surface area is 113 Å². The van der Waals surface area contributed by atoms with Gasteiger partial charge in [0.2, 0.25) is 0 Å². The lowest BCUT2D eigenvalue weighted by Gasteiger charge is -2.09. The maximum absolute atomic E-state index is 5.70. The number of hydrogen-bond acceptors (Lipinski definition) is 2. The highest BCUT2D eigenvalue weighted by atomic mass is 16.5. The van der Waals surface area contributed by atoms with Crippen LogP contribution in [0.2, 0.25) is 0 Å². The molecule has 1 heterocycles. The Bertz CT molecular complexity index is 599. The van der Waals surface area contributed by atoms with Crippen LogP contribution in [0.5, 0.6) is 5.75 Å². The van der Waals surface area contributed by atoms with E-state index in [2.05, 4.69) is 54.6 Å². The van der Waals surface area contributed by atoms with Crippen molar-refractivity contribution < 1.29 is 4.74 Å². The summed E-state index contributed by atoms with van der Waals surface area (Å²) in [5.41, 5.74) is 10.3. The van der Waals surface area contributed by atoms with Gasteiger partial charge in [0.05, 0.1) is 6.61 Å². The van der Waals surface area contributed by atoms with E-state index in [0.717, 1.165) is 29.9 Å². The summed E-state index contributed by atoms with van der Waals surface area (Å²) in [7, 11) is 0. The van der Waals surface area contributed by atoms with Crippen LogP contribution in [0, 0.1) is 0 Å². The summed E-state index contributed by atoms with van der Waals surface area (Å²) < 4.78 is 5.70. The van der Waals surface area contributed by atoms with E-state index in [9.17, 15) is 0 Å². The molecular weight excluding hydrogens is 234 g/mol. The van der Waals surface area contributed by atoms with Gasteiger partial charge in [0.25, 0.3) is 0 Å². The summed E-state index contributed by atoms with van der Waals surface area (Å²) in [6, 6.07) is 14.7. The fourth-order valence-electron chi connectivity index (χ4n) is 2.27. The SMILES string of the molecule is NCc1ccc(-c2ccc3c(c2)C=CCCO3)cc1. The van der Waals surface area contributed by atoms with Crippen LogP contribution in [0.3, 0.4) is 0 Å². The van der Waals surface area contributed by atoms with Gasteiger partial charge in [0, 0.05) is 12.1 Å². The van der Waals surface area contributed by atoms with Crippen molar-refractivity contribution in [2.75, 3.05) is 6.61 Å². The summed E-state index contributed by atoms with van der Waals surface area (Å²) in [5, 5.41) is 0. The van der Waals surface area contributed by atoms with Crippen molar-refractivity contribution in [2.45, 2.75) is 13.0 Å². The van der Waals surface area contributed by atoms with Gasteiger partial charge < -0.3 is 10.5 Å². The molecule has 0 radical (unpaired) electrons. The molecule has 96 valence electrons. The summed E-state index contributed by atoms with van der Waals surface area (Å²) in [5.74, 6) is 0.969. The highest BCUT2D eigenvalue weighted by Gasteiger charge is 2.06. The number of ether oxygens (including phenoxy) is 1. The third-order valence-electron chi connectivity index (χ3n) is 3.37. The fraction of sp³-hybridized carbons (Fsp3) is 0.176. The molecule has 2 heteroatoms. The average Bonchev–Trinajstić information content (AvgIpc) is 2.72. The third kappa shape index (κ3) is 2.54. The van der Waals surface area contributed by atoms with E-state index < -0.39 is 0 Å². The lowest BCUT2D eigenvalue weighted by Crippen LogP contribution is -1.96. The van der Waals surface area contributed by atoms with Crippen LogP contribution in [0.25, 0.3) is 17.2 Å². The van der Waals surface area contributed by atoms with Crippen LogP contribution in [0.15, 0.2) is 48.5 Å². The maximum Gasteiger partial charge on any atom is 0.126 e. The van der Waals surface area contributed by atoms with E-state index >= 15 is 0 Å². The number of rotatable bonds is 2. The van der Waals surface area contributed by atoms with E-state index in [1.54, 1.807) is 0 Å². The minimum absolute atomic E-state index is 0.584. The zero-order valence-electron chi connectivity index (χ0n) is 10.8. The molecule has 0 unspecified atom stereocenters. The van der Waals surface area contributed by atoms with Crippen molar-refractivity contribution in [3.8, 4) is 16.9 Å². The molecule has 0 atom stereocenters. The zero-order chi connectivity index (χ0) is 13.1. The van der Waals surface area contributed by atoms with Crippen molar-refractivity contribution in [2.24, 2.45) is 5.73 Å². The molecule has 3 rings (SSSR count). The van der Waals surface area contributed by atoms with Gasteiger partial charge in [-0.1, -0.05) is 42.5 Å². The zero-order valence-corrected chi connectivity index (χ0v) is 10.8. The Morgan fingerprint density at radius 1 is 1.00 bits per heavy atom. The van der Waals surface area contributed by atoms with E-state index in [4.69, 9.17) is 10.5 Å². The Kier molecular flexibility index (Phi) is 3.34. The lowest BCUT2D eigenvalue weighted by atomic mass is 10.0. The van der Waals surface area contributed by atoms with Crippen LogP contribution in [-0.2, 0) is 6.54 Å². The predicted octanol–water partition coefficient (Wildman–Crippen LogP) is 3.61. The molecule has 0 spiro atoms. The lowest BCUT2D eigenvalue weighted by molar-refractivity contribution is 0.326. The average molecular weight is 251 g/mol. The van der Waals surface area contributed by atoms with E-state index in [0.29, 0.717) is 6.54 Å². The highest BCUT2D eigenvalue weighted by Crippen LogP contribution is 2.29. The predicted molar refractivity (Wildman–Crippen MR) is 78.9 cm³/mol. The first-order valence-electron chi connectivity index (χ1n) is 6.59. The molecule has 19 heavy (non-hydrogen) atoms. The second kappa shape index (κ2) is 5.29. The van der Waals surface area contributed by atoms with Gasteiger partial charge in [-0.05, 0) is 35.2 Å².